The zero-order chi connectivity index (χ0) is 15.7. The number of hydrogen-bond donors (Lipinski definition) is 0. The lowest BCUT2D eigenvalue weighted by Crippen LogP contribution is -2.08. The molecule has 0 atom stereocenters. The van der Waals surface area contributed by atoms with Crippen molar-refractivity contribution in [2.24, 2.45) is 0 Å². The lowest BCUT2D eigenvalue weighted by molar-refractivity contribution is 0.103. The Morgan fingerprint density at radius 3 is 2.38 bits per heavy atom. The van der Waals surface area contributed by atoms with Gasteiger partial charge in [-0.15, -0.1) is 0 Å². The second-order valence-corrected chi connectivity index (χ2v) is 6.78. The number of ketones is 1. The minimum absolute atomic E-state index is 0.0916. The summed E-state index contributed by atoms with van der Waals surface area (Å²) in [5.74, 6) is 0.512. The zero-order valence-electron chi connectivity index (χ0n) is 11.8. The quantitative estimate of drug-likeness (QED) is 0.580. The second-order valence-electron chi connectivity index (χ2n) is 4.67. The fourth-order valence-electron chi connectivity index (χ4n) is 2.17. The molecule has 110 valence electrons. The molecule has 0 heterocycles. The summed E-state index contributed by atoms with van der Waals surface area (Å²) >= 11 is 12.8. The predicted octanol–water partition coefficient (Wildman–Crippen LogP) is 5.72. The third kappa shape index (κ3) is 3.17. The Balaban J connectivity index is 2.65. The van der Waals surface area contributed by atoms with E-state index in [0.29, 0.717) is 26.4 Å². The molecule has 0 aromatic heterocycles. The molecule has 2 aromatic carbocycles. The van der Waals surface area contributed by atoms with Gasteiger partial charge in [0.1, 0.15) is 5.75 Å². The maximum atomic E-state index is 12.9. The number of benzene rings is 2. The smallest absolute Gasteiger partial charge is 0.197 e. The number of ether oxygens (including phenoxy) is 1. The van der Waals surface area contributed by atoms with Gasteiger partial charge < -0.3 is 4.74 Å². The summed E-state index contributed by atoms with van der Waals surface area (Å²) in [5.41, 5.74) is 2.89. The van der Waals surface area contributed by atoms with Crippen molar-refractivity contribution in [3.8, 4) is 5.75 Å². The van der Waals surface area contributed by atoms with Crippen LogP contribution in [0.15, 0.2) is 33.2 Å². The Kier molecular flexibility index (Phi) is 5.12. The maximum absolute atomic E-state index is 12.9. The molecule has 0 saturated heterocycles. The number of aryl methyl sites for hydroxylation is 1. The van der Waals surface area contributed by atoms with E-state index in [2.05, 4.69) is 31.9 Å². The lowest BCUT2D eigenvalue weighted by atomic mass is 9.96. The first-order chi connectivity index (χ1) is 9.86. The summed E-state index contributed by atoms with van der Waals surface area (Å²) in [4.78, 5) is 12.9. The van der Waals surface area contributed by atoms with Crippen LogP contribution >= 0.6 is 43.5 Å². The van der Waals surface area contributed by atoms with Crippen LogP contribution in [0.2, 0.25) is 5.02 Å². The zero-order valence-corrected chi connectivity index (χ0v) is 15.7. The van der Waals surface area contributed by atoms with Gasteiger partial charge in [-0.05, 0) is 65.2 Å². The van der Waals surface area contributed by atoms with E-state index in [9.17, 15) is 4.79 Å². The number of rotatable bonds is 3. The van der Waals surface area contributed by atoms with E-state index in [1.165, 1.54) is 0 Å². The van der Waals surface area contributed by atoms with Crippen molar-refractivity contribution < 1.29 is 9.53 Å². The van der Waals surface area contributed by atoms with Gasteiger partial charge in [0.05, 0.1) is 17.7 Å². The Morgan fingerprint density at radius 1 is 1.14 bits per heavy atom. The Hall–Kier alpha value is -0.840. The third-order valence-corrected chi connectivity index (χ3v) is 5.31. The van der Waals surface area contributed by atoms with Gasteiger partial charge in [0.25, 0.3) is 0 Å². The van der Waals surface area contributed by atoms with Gasteiger partial charge in [-0.25, -0.2) is 0 Å². The molecule has 0 bridgehead atoms. The van der Waals surface area contributed by atoms with E-state index in [1.54, 1.807) is 25.3 Å². The average molecular weight is 433 g/mol. The summed E-state index contributed by atoms with van der Waals surface area (Å²) < 4.78 is 7.01. The van der Waals surface area contributed by atoms with Gasteiger partial charge in [-0.1, -0.05) is 27.5 Å². The molecule has 0 spiro atoms. The van der Waals surface area contributed by atoms with Crippen molar-refractivity contribution in [3.05, 3.63) is 60.5 Å². The van der Waals surface area contributed by atoms with E-state index < -0.39 is 0 Å². The van der Waals surface area contributed by atoms with E-state index in [0.717, 1.165) is 15.6 Å². The van der Waals surface area contributed by atoms with Gasteiger partial charge in [-0.3, -0.25) is 4.79 Å². The first kappa shape index (κ1) is 16.5. The highest BCUT2D eigenvalue weighted by molar-refractivity contribution is 9.10. The first-order valence-corrected chi connectivity index (χ1v) is 8.16. The Morgan fingerprint density at radius 2 is 1.81 bits per heavy atom. The molecule has 2 aromatic rings. The van der Waals surface area contributed by atoms with E-state index >= 15 is 0 Å². The van der Waals surface area contributed by atoms with Crippen LogP contribution in [0.25, 0.3) is 0 Å². The number of carbonyl (C=O) groups is 1. The van der Waals surface area contributed by atoms with Gasteiger partial charge in [0, 0.05) is 14.5 Å². The van der Waals surface area contributed by atoms with Gasteiger partial charge in [-0.2, -0.15) is 0 Å². The second kappa shape index (κ2) is 6.51. The summed E-state index contributed by atoms with van der Waals surface area (Å²) in [7, 11) is 1.57. The molecule has 0 aliphatic rings. The van der Waals surface area contributed by atoms with E-state index in [1.807, 2.05) is 19.9 Å². The largest absolute Gasteiger partial charge is 0.496 e. The van der Waals surface area contributed by atoms with Crippen molar-refractivity contribution in [2.75, 3.05) is 7.11 Å². The van der Waals surface area contributed by atoms with Crippen LogP contribution in [0.3, 0.4) is 0 Å². The van der Waals surface area contributed by atoms with Crippen LogP contribution in [-0.2, 0) is 0 Å². The first-order valence-electron chi connectivity index (χ1n) is 6.20. The molecule has 21 heavy (non-hydrogen) atoms. The Labute approximate surface area is 145 Å². The monoisotopic (exact) mass is 430 g/mol. The molecule has 0 saturated carbocycles. The fourth-order valence-corrected chi connectivity index (χ4v) is 3.21. The summed E-state index contributed by atoms with van der Waals surface area (Å²) in [6, 6.07) is 7.08. The number of methoxy groups -OCH3 is 1. The van der Waals surface area contributed by atoms with E-state index in [-0.39, 0.29) is 5.78 Å². The normalized spacial score (nSPS) is 10.6. The van der Waals surface area contributed by atoms with Crippen molar-refractivity contribution in [2.45, 2.75) is 13.8 Å². The van der Waals surface area contributed by atoms with Gasteiger partial charge in [0.15, 0.2) is 5.78 Å². The lowest BCUT2D eigenvalue weighted by Gasteiger charge is -2.15. The molecular formula is C16H13Br2ClO2. The predicted molar refractivity (Wildman–Crippen MR) is 92.8 cm³/mol. The van der Waals surface area contributed by atoms with Crippen LogP contribution in [-0.4, -0.2) is 12.9 Å². The van der Waals surface area contributed by atoms with Crippen LogP contribution < -0.4 is 4.74 Å². The van der Waals surface area contributed by atoms with Gasteiger partial charge in [0.2, 0.25) is 0 Å². The maximum Gasteiger partial charge on any atom is 0.197 e. The molecule has 0 unspecified atom stereocenters. The highest BCUT2D eigenvalue weighted by Gasteiger charge is 2.21. The van der Waals surface area contributed by atoms with Crippen molar-refractivity contribution in [1.82, 2.24) is 0 Å². The number of hydrogen-bond acceptors (Lipinski definition) is 2. The van der Waals surface area contributed by atoms with Crippen LogP contribution in [0.4, 0.5) is 0 Å². The molecule has 2 rings (SSSR count). The van der Waals surface area contributed by atoms with Crippen molar-refractivity contribution >= 4 is 49.2 Å². The minimum atomic E-state index is -0.0916. The Bertz CT molecular complexity index is 727. The summed E-state index contributed by atoms with van der Waals surface area (Å²) in [6.07, 6.45) is 0. The van der Waals surface area contributed by atoms with Crippen molar-refractivity contribution in [3.63, 3.8) is 0 Å². The van der Waals surface area contributed by atoms with Crippen molar-refractivity contribution in [1.29, 1.82) is 0 Å². The van der Waals surface area contributed by atoms with Gasteiger partial charge >= 0.3 is 0 Å². The molecule has 0 aliphatic heterocycles. The molecule has 0 radical (unpaired) electrons. The highest BCUT2D eigenvalue weighted by Crippen LogP contribution is 2.34. The molecule has 0 fully saturated rings. The van der Waals surface area contributed by atoms with Crippen LogP contribution in [0.5, 0.6) is 5.75 Å². The topological polar surface area (TPSA) is 26.3 Å². The number of carbonyl (C=O) groups excluding carboxylic acids is 1. The van der Waals surface area contributed by atoms with E-state index in [4.69, 9.17) is 16.3 Å². The molecule has 2 nitrogen and oxygen atoms in total. The summed E-state index contributed by atoms with van der Waals surface area (Å²) in [5, 5.41) is 0.570. The minimum Gasteiger partial charge on any atom is -0.496 e. The molecule has 0 aliphatic carbocycles. The van der Waals surface area contributed by atoms with Crippen LogP contribution in [0, 0.1) is 13.8 Å². The highest BCUT2D eigenvalue weighted by atomic mass is 79.9. The standard InChI is InChI=1S/C16H13Br2ClO2/c1-8-6-11(17)9(2)14(16(8)21-3)15(20)10-4-5-13(19)12(18)7-10/h4-7H,1-3H3. The molecule has 0 amide bonds. The fraction of sp³-hybridized carbons (Fsp3) is 0.188. The third-order valence-electron chi connectivity index (χ3n) is 3.27. The molecule has 5 heteroatoms. The summed E-state index contributed by atoms with van der Waals surface area (Å²) in [6.45, 7) is 3.81. The SMILES string of the molecule is COc1c(C)cc(Br)c(C)c1C(=O)c1ccc(Cl)c(Br)c1. The molecular weight excluding hydrogens is 419 g/mol. The number of halogens is 3. The van der Waals surface area contributed by atoms with Crippen LogP contribution in [0.1, 0.15) is 27.0 Å². The molecule has 0 N–H and O–H groups in total. The average Bonchev–Trinajstić information content (AvgIpc) is 2.44.